The van der Waals surface area contributed by atoms with Gasteiger partial charge >= 0.3 is 0 Å². The molecule has 2 heterocycles. The summed E-state index contributed by atoms with van der Waals surface area (Å²) in [7, 11) is 0. The van der Waals surface area contributed by atoms with E-state index in [9.17, 15) is 4.79 Å². The Balaban J connectivity index is 2.14. The fourth-order valence-electron chi connectivity index (χ4n) is 3.49. The third kappa shape index (κ3) is 2.40. The first-order valence-electron chi connectivity index (χ1n) is 8.45. The van der Waals surface area contributed by atoms with Crippen molar-refractivity contribution in [3.63, 3.8) is 0 Å². The van der Waals surface area contributed by atoms with Crippen molar-refractivity contribution in [2.75, 3.05) is 6.61 Å². The summed E-state index contributed by atoms with van der Waals surface area (Å²) >= 11 is 0. The van der Waals surface area contributed by atoms with Crippen molar-refractivity contribution in [1.82, 2.24) is 4.40 Å². The molecule has 0 bridgehead atoms. The first-order chi connectivity index (χ1) is 12.2. The fraction of sp³-hybridized carbons (Fsp3) is 0.136. The molecular formula is C22H19NO2. The number of benzene rings is 2. The topological polar surface area (TPSA) is 30.7 Å². The number of hydrogen-bond acceptors (Lipinski definition) is 2. The average molecular weight is 329 g/mol. The number of pyridine rings is 1. The zero-order valence-corrected chi connectivity index (χ0v) is 14.3. The summed E-state index contributed by atoms with van der Waals surface area (Å²) in [5.41, 5.74) is 4.70. The van der Waals surface area contributed by atoms with Crippen LogP contribution in [0.25, 0.3) is 27.4 Å². The van der Waals surface area contributed by atoms with Crippen LogP contribution in [-0.2, 0) is 0 Å². The van der Waals surface area contributed by atoms with Gasteiger partial charge in [0.2, 0.25) is 0 Å². The van der Waals surface area contributed by atoms with Crippen molar-refractivity contribution < 1.29 is 9.53 Å². The molecule has 0 saturated carbocycles. The summed E-state index contributed by atoms with van der Waals surface area (Å²) < 4.78 is 7.85. The predicted octanol–water partition coefficient (Wildman–Crippen LogP) is 5.28. The van der Waals surface area contributed by atoms with Gasteiger partial charge in [-0.05, 0) is 48.4 Å². The number of aldehydes is 1. The molecule has 0 aliphatic rings. The lowest BCUT2D eigenvalue weighted by molar-refractivity contribution is 0.111. The molecular weight excluding hydrogens is 310 g/mol. The van der Waals surface area contributed by atoms with E-state index in [1.165, 1.54) is 0 Å². The summed E-state index contributed by atoms with van der Waals surface area (Å²) in [5, 5.41) is 2.22. The molecule has 0 atom stereocenters. The molecule has 0 radical (unpaired) electrons. The Kier molecular flexibility index (Phi) is 3.77. The largest absolute Gasteiger partial charge is 0.493 e. The van der Waals surface area contributed by atoms with Gasteiger partial charge in [-0.2, -0.15) is 0 Å². The molecule has 25 heavy (non-hydrogen) atoms. The lowest BCUT2D eigenvalue weighted by Gasteiger charge is -2.13. The second-order valence-corrected chi connectivity index (χ2v) is 6.10. The molecule has 2 aromatic carbocycles. The van der Waals surface area contributed by atoms with Crippen LogP contribution in [0.5, 0.6) is 5.75 Å². The van der Waals surface area contributed by atoms with Crippen LogP contribution in [0.15, 0.2) is 60.8 Å². The first kappa shape index (κ1) is 15.5. The van der Waals surface area contributed by atoms with E-state index in [1.54, 1.807) is 0 Å². The van der Waals surface area contributed by atoms with Crippen LogP contribution in [0.2, 0.25) is 0 Å². The van der Waals surface area contributed by atoms with Crippen LogP contribution in [0.1, 0.15) is 23.0 Å². The lowest BCUT2D eigenvalue weighted by Crippen LogP contribution is -1.97. The fourth-order valence-corrected chi connectivity index (χ4v) is 3.49. The predicted molar refractivity (Wildman–Crippen MR) is 102 cm³/mol. The highest BCUT2D eigenvalue weighted by Gasteiger charge is 2.18. The van der Waals surface area contributed by atoms with Gasteiger partial charge in [0.25, 0.3) is 0 Å². The Hall–Kier alpha value is -3.07. The number of carbonyl (C=O) groups excluding carboxylic acids is 1. The van der Waals surface area contributed by atoms with Crippen molar-refractivity contribution in [2.24, 2.45) is 0 Å². The van der Waals surface area contributed by atoms with E-state index in [0.29, 0.717) is 12.3 Å². The molecule has 0 saturated heterocycles. The number of rotatable bonds is 4. The van der Waals surface area contributed by atoms with Crippen molar-refractivity contribution in [3.05, 3.63) is 72.1 Å². The standard InChI is InChI=1S/C22H19NO2/c1-3-25-21-11-10-16-8-4-5-9-17(16)22(21)18-13-19-15(2)7-6-12-23(19)20(18)14-24/h4-14H,3H2,1-2H3. The monoisotopic (exact) mass is 329 g/mol. The second-order valence-electron chi connectivity index (χ2n) is 6.10. The van der Waals surface area contributed by atoms with Gasteiger partial charge in [-0.1, -0.05) is 36.4 Å². The highest BCUT2D eigenvalue weighted by Crippen LogP contribution is 2.40. The number of aromatic nitrogens is 1. The third-order valence-corrected chi connectivity index (χ3v) is 4.63. The maximum absolute atomic E-state index is 11.9. The Morgan fingerprint density at radius 2 is 1.92 bits per heavy atom. The van der Waals surface area contributed by atoms with Gasteiger partial charge in [0.15, 0.2) is 6.29 Å². The lowest BCUT2D eigenvalue weighted by atomic mass is 9.97. The molecule has 0 aliphatic carbocycles. The zero-order valence-electron chi connectivity index (χ0n) is 14.3. The second kappa shape index (κ2) is 6.10. The van der Waals surface area contributed by atoms with Crippen molar-refractivity contribution in [2.45, 2.75) is 13.8 Å². The van der Waals surface area contributed by atoms with Crippen molar-refractivity contribution in [1.29, 1.82) is 0 Å². The zero-order chi connectivity index (χ0) is 17.4. The number of aryl methyl sites for hydroxylation is 1. The molecule has 0 unspecified atom stereocenters. The van der Waals surface area contributed by atoms with E-state index in [0.717, 1.165) is 45.0 Å². The van der Waals surface area contributed by atoms with Crippen LogP contribution in [-0.4, -0.2) is 17.3 Å². The number of carbonyl (C=O) groups is 1. The van der Waals surface area contributed by atoms with Gasteiger partial charge in [-0.15, -0.1) is 0 Å². The molecule has 2 aromatic heterocycles. The summed E-state index contributed by atoms with van der Waals surface area (Å²) in [6.45, 7) is 4.61. The van der Waals surface area contributed by atoms with Crippen LogP contribution >= 0.6 is 0 Å². The molecule has 0 aliphatic heterocycles. The van der Waals surface area contributed by atoms with E-state index < -0.39 is 0 Å². The number of nitrogens with zero attached hydrogens (tertiary/aromatic N) is 1. The smallest absolute Gasteiger partial charge is 0.167 e. The Labute approximate surface area is 146 Å². The van der Waals surface area contributed by atoms with E-state index in [1.807, 2.05) is 41.8 Å². The van der Waals surface area contributed by atoms with Gasteiger partial charge < -0.3 is 9.14 Å². The van der Waals surface area contributed by atoms with Crippen LogP contribution in [0, 0.1) is 6.92 Å². The summed E-state index contributed by atoms with van der Waals surface area (Å²) in [6.07, 6.45) is 2.86. The molecule has 3 nitrogen and oxygen atoms in total. The quantitative estimate of drug-likeness (QED) is 0.477. The van der Waals surface area contributed by atoms with Gasteiger partial charge in [0, 0.05) is 22.8 Å². The minimum atomic E-state index is 0.578. The summed E-state index contributed by atoms with van der Waals surface area (Å²) in [4.78, 5) is 11.9. The van der Waals surface area contributed by atoms with E-state index in [2.05, 4.69) is 37.3 Å². The summed E-state index contributed by atoms with van der Waals surface area (Å²) in [6, 6.07) is 18.4. The minimum absolute atomic E-state index is 0.578. The molecule has 4 rings (SSSR count). The van der Waals surface area contributed by atoms with Crippen molar-refractivity contribution >= 4 is 22.6 Å². The molecule has 0 amide bonds. The number of hydrogen-bond donors (Lipinski definition) is 0. The maximum atomic E-state index is 11.9. The molecule has 4 aromatic rings. The Morgan fingerprint density at radius 1 is 1.08 bits per heavy atom. The molecule has 3 heteroatoms. The maximum Gasteiger partial charge on any atom is 0.167 e. The highest BCUT2D eigenvalue weighted by molar-refractivity contribution is 6.04. The molecule has 0 fully saturated rings. The van der Waals surface area contributed by atoms with Gasteiger partial charge in [0.05, 0.1) is 12.3 Å². The molecule has 0 spiro atoms. The SMILES string of the molecule is CCOc1ccc2ccccc2c1-c1cc2c(C)cccn2c1C=O. The number of fused-ring (bicyclic) bond motifs is 2. The first-order valence-corrected chi connectivity index (χ1v) is 8.45. The molecule has 124 valence electrons. The van der Waals surface area contributed by atoms with Gasteiger partial charge in [0.1, 0.15) is 5.75 Å². The number of ether oxygens (including phenoxy) is 1. The van der Waals surface area contributed by atoms with Gasteiger partial charge in [-0.3, -0.25) is 4.79 Å². The Morgan fingerprint density at radius 3 is 2.72 bits per heavy atom. The van der Waals surface area contributed by atoms with Crippen LogP contribution in [0.3, 0.4) is 0 Å². The van der Waals surface area contributed by atoms with Crippen LogP contribution < -0.4 is 4.74 Å². The average Bonchev–Trinajstić information content (AvgIpc) is 3.01. The minimum Gasteiger partial charge on any atom is -0.493 e. The van der Waals surface area contributed by atoms with E-state index >= 15 is 0 Å². The normalized spacial score (nSPS) is 11.1. The van der Waals surface area contributed by atoms with Gasteiger partial charge in [-0.25, -0.2) is 0 Å². The highest BCUT2D eigenvalue weighted by atomic mass is 16.5. The van der Waals surface area contributed by atoms with E-state index in [4.69, 9.17) is 4.74 Å². The van der Waals surface area contributed by atoms with E-state index in [-0.39, 0.29) is 0 Å². The van der Waals surface area contributed by atoms with Crippen LogP contribution in [0.4, 0.5) is 0 Å². The summed E-state index contributed by atoms with van der Waals surface area (Å²) in [5.74, 6) is 0.804. The third-order valence-electron chi connectivity index (χ3n) is 4.63. The molecule has 0 N–H and O–H groups in total. The van der Waals surface area contributed by atoms with Crippen molar-refractivity contribution in [3.8, 4) is 16.9 Å². The Bertz CT molecular complexity index is 1090.